The normalized spacial score (nSPS) is 21.2. The van der Waals surface area contributed by atoms with Gasteiger partial charge in [-0.05, 0) is 55.1 Å². The third-order valence-corrected chi connectivity index (χ3v) is 5.81. The number of piperidine rings is 1. The van der Waals surface area contributed by atoms with Crippen molar-refractivity contribution in [1.82, 2.24) is 4.90 Å². The van der Waals surface area contributed by atoms with Crippen LogP contribution in [0.1, 0.15) is 47.5 Å². The molecule has 1 N–H and O–H groups in total. The zero-order chi connectivity index (χ0) is 16.2. The van der Waals surface area contributed by atoms with Crippen molar-refractivity contribution in [3.8, 4) is 0 Å². The number of carbonyl (C=O) groups excluding carboxylic acids is 1. The predicted molar refractivity (Wildman–Crippen MR) is 92.0 cm³/mol. The van der Waals surface area contributed by atoms with Crippen LogP contribution in [0.4, 0.5) is 0 Å². The Bertz CT molecular complexity index is 585. The first-order chi connectivity index (χ1) is 11.1. The van der Waals surface area contributed by atoms with E-state index < -0.39 is 5.97 Å². The lowest BCUT2D eigenvalue weighted by Crippen LogP contribution is -2.40. The van der Waals surface area contributed by atoms with E-state index in [0.717, 1.165) is 36.6 Å². The van der Waals surface area contributed by atoms with Crippen LogP contribution >= 0.6 is 11.8 Å². The van der Waals surface area contributed by atoms with Crippen LogP contribution in [0.2, 0.25) is 0 Å². The fourth-order valence-corrected chi connectivity index (χ4v) is 4.23. The maximum Gasteiger partial charge on any atom is 0.335 e. The van der Waals surface area contributed by atoms with Gasteiger partial charge in [0.1, 0.15) is 0 Å². The molecule has 23 heavy (non-hydrogen) atoms. The first kappa shape index (κ1) is 16.4. The second kappa shape index (κ2) is 7.39. The van der Waals surface area contributed by atoms with E-state index in [-0.39, 0.29) is 11.8 Å². The van der Waals surface area contributed by atoms with Crippen molar-refractivity contribution < 1.29 is 14.7 Å². The maximum atomic E-state index is 12.4. The van der Waals surface area contributed by atoms with Crippen molar-refractivity contribution in [2.45, 2.75) is 31.6 Å². The number of hydrogen-bond acceptors (Lipinski definition) is 3. The molecule has 1 aliphatic carbocycles. The minimum absolute atomic E-state index is 0.231. The number of amides is 1. The number of aromatic carboxylic acids is 1. The highest BCUT2D eigenvalue weighted by Gasteiger charge is 2.26. The molecule has 1 aromatic carbocycles. The Kier molecular flexibility index (Phi) is 5.26. The Balaban J connectivity index is 1.57. The summed E-state index contributed by atoms with van der Waals surface area (Å²) in [6.07, 6.45) is 4.66. The van der Waals surface area contributed by atoms with Gasteiger partial charge in [0.05, 0.1) is 11.3 Å². The number of likely N-dealkylation sites (tertiary alicyclic amines) is 1. The van der Waals surface area contributed by atoms with E-state index in [0.29, 0.717) is 17.9 Å². The summed E-state index contributed by atoms with van der Waals surface area (Å²) in [4.78, 5) is 25.4. The molecule has 3 rings (SSSR count). The molecular weight excluding hydrogens is 310 g/mol. The van der Waals surface area contributed by atoms with E-state index in [2.05, 4.69) is 0 Å². The van der Waals surface area contributed by atoms with Crippen molar-refractivity contribution in [2.75, 3.05) is 24.6 Å². The topological polar surface area (TPSA) is 57.6 Å². The Labute approximate surface area is 141 Å². The number of benzene rings is 1. The lowest BCUT2D eigenvalue weighted by atomic mass is 9.89. The van der Waals surface area contributed by atoms with Crippen LogP contribution < -0.4 is 0 Å². The smallest absolute Gasteiger partial charge is 0.335 e. The minimum Gasteiger partial charge on any atom is -0.478 e. The Hall–Kier alpha value is -1.49. The average Bonchev–Trinajstić information content (AvgIpc) is 3.39. The van der Waals surface area contributed by atoms with Gasteiger partial charge in [-0.1, -0.05) is 12.1 Å². The van der Waals surface area contributed by atoms with E-state index in [1.807, 2.05) is 11.0 Å². The number of carboxylic acid groups (broad SMARTS) is 1. The Morgan fingerprint density at radius 1 is 1.26 bits per heavy atom. The number of carbonyl (C=O) groups is 2. The van der Waals surface area contributed by atoms with Gasteiger partial charge in [0, 0.05) is 19.0 Å². The molecule has 1 atom stereocenters. The zero-order valence-electron chi connectivity index (χ0n) is 13.2. The van der Waals surface area contributed by atoms with Gasteiger partial charge < -0.3 is 10.0 Å². The molecule has 124 valence electrons. The summed E-state index contributed by atoms with van der Waals surface area (Å²) in [6, 6.07) is 7.15. The fourth-order valence-electron chi connectivity index (χ4n) is 3.09. The lowest BCUT2D eigenvalue weighted by Gasteiger charge is -2.33. The van der Waals surface area contributed by atoms with Crippen LogP contribution in [-0.2, 0) is 4.79 Å². The predicted octanol–water partition coefficient (Wildman–Crippen LogP) is 3.23. The SMILES string of the molecule is O=C(O)c1cccc([C@H]2CCCN(C(=O)CSCC3CC3)C2)c1. The molecular formula is C18H23NO3S. The molecule has 5 heteroatoms. The molecule has 4 nitrogen and oxygen atoms in total. The van der Waals surface area contributed by atoms with Gasteiger partial charge in [0.25, 0.3) is 0 Å². The Morgan fingerprint density at radius 2 is 2.09 bits per heavy atom. The number of thioether (sulfide) groups is 1. The zero-order valence-corrected chi connectivity index (χ0v) is 14.1. The summed E-state index contributed by atoms with van der Waals surface area (Å²) < 4.78 is 0. The van der Waals surface area contributed by atoms with Gasteiger partial charge in [-0.3, -0.25) is 4.79 Å². The third kappa shape index (κ3) is 4.50. The van der Waals surface area contributed by atoms with Crippen molar-refractivity contribution in [3.05, 3.63) is 35.4 Å². The van der Waals surface area contributed by atoms with Crippen LogP contribution in [0.5, 0.6) is 0 Å². The highest BCUT2D eigenvalue weighted by molar-refractivity contribution is 7.99. The highest BCUT2D eigenvalue weighted by Crippen LogP contribution is 2.33. The molecule has 0 spiro atoms. The molecule has 1 saturated heterocycles. The average molecular weight is 333 g/mol. The molecule has 2 fully saturated rings. The van der Waals surface area contributed by atoms with Gasteiger partial charge in [0.2, 0.25) is 5.91 Å². The molecule has 0 radical (unpaired) electrons. The van der Waals surface area contributed by atoms with Crippen molar-refractivity contribution >= 4 is 23.6 Å². The number of nitrogens with zero attached hydrogens (tertiary/aromatic N) is 1. The van der Waals surface area contributed by atoms with E-state index in [4.69, 9.17) is 5.11 Å². The number of carboxylic acids is 1. The molecule has 2 aliphatic rings. The Morgan fingerprint density at radius 3 is 2.83 bits per heavy atom. The summed E-state index contributed by atoms with van der Waals surface area (Å²) in [7, 11) is 0. The maximum absolute atomic E-state index is 12.4. The summed E-state index contributed by atoms with van der Waals surface area (Å²) in [5, 5.41) is 9.13. The van der Waals surface area contributed by atoms with Crippen LogP contribution in [0.25, 0.3) is 0 Å². The third-order valence-electron chi connectivity index (χ3n) is 4.66. The van der Waals surface area contributed by atoms with Gasteiger partial charge in [-0.15, -0.1) is 0 Å². The second-order valence-electron chi connectivity index (χ2n) is 6.57. The second-order valence-corrected chi connectivity index (χ2v) is 7.60. The summed E-state index contributed by atoms with van der Waals surface area (Å²) >= 11 is 1.76. The quantitative estimate of drug-likeness (QED) is 0.868. The van der Waals surface area contributed by atoms with Gasteiger partial charge in [-0.25, -0.2) is 4.79 Å². The highest BCUT2D eigenvalue weighted by atomic mass is 32.2. The molecule has 0 aromatic heterocycles. The molecule has 0 bridgehead atoms. The van der Waals surface area contributed by atoms with E-state index in [1.54, 1.807) is 30.0 Å². The molecule has 1 amide bonds. The van der Waals surface area contributed by atoms with E-state index in [9.17, 15) is 9.59 Å². The first-order valence-electron chi connectivity index (χ1n) is 8.32. The van der Waals surface area contributed by atoms with Crippen LogP contribution in [0, 0.1) is 5.92 Å². The molecule has 0 unspecified atom stereocenters. The van der Waals surface area contributed by atoms with E-state index >= 15 is 0 Å². The summed E-state index contributed by atoms with van der Waals surface area (Å²) in [6.45, 7) is 1.55. The van der Waals surface area contributed by atoms with Gasteiger partial charge >= 0.3 is 5.97 Å². The number of rotatable bonds is 6. The fraction of sp³-hybridized carbons (Fsp3) is 0.556. The summed E-state index contributed by atoms with van der Waals surface area (Å²) in [5.41, 5.74) is 1.36. The summed E-state index contributed by atoms with van der Waals surface area (Å²) in [5.74, 6) is 2.13. The van der Waals surface area contributed by atoms with Crippen LogP contribution in [0.3, 0.4) is 0 Å². The van der Waals surface area contributed by atoms with E-state index in [1.165, 1.54) is 12.8 Å². The van der Waals surface area contributed by atoms with Gasteiger partial charge in [0.15, 0.2) is 0 Å². The standard InChI is InChI=1S/C18H23NO3S/c20-17(12-23-11-13-6-7-13)19-8-2-5-16(10-19)14-3-1-4-15(9-14)18(21)22/h1,3-4,9,13,16H,2,5-8,10-12H2,(H,21,22)/t16-/m0/s1. The minimum atomic E-state index is -0.896. The van der Waals surface area contributed by atoms with Crippen molar-refractivity contribution in [2.24, 2.45) is 5.92 Å². The van der Waals surface area contributed by atoms with Crippen LogP contribution in [0.15, 0.2) is 24.3 Å². The lowest BCUT2D eigenvalue weighted by molar-refractivity contribution is -0.129. The van der Waals surface area contributed by atoms with Gasteiger partial charge in [-0.2, -0.15) is 11.8 Å². The largest absolute Gasteiger partial charge is 0.478 e. The molecule has 1 aliphatic heterocycles. The van der Waals surface area contributed by atoms with Crippen molar-refractivity contribution in [1.29, 1.82) is 0 Å². The first-order valence-corrected chi connectivity index (χ1v) is 9.47. The number of hydrogen-bond donors (Lipinski definition) is 1. The van der Waals surface area contributed by atoms with Crippen LogP contribution in [-0.4, -0.2) is 46.5 Å². The van der Waals surface area contributed by atoms with Crippen molar-refractivity contribution in [3.63, 3.8) is 0 Å². The molecule has 1 heterocycles. The monoisotopic (exact) mass is 333 g/mol. The molecule has 1 saturated carbocycles. The molecule has 1 aromatic rings.